The Morgan fingerprint density at radius 2 is 1.57 bits per heavy atom. The predicted octanol–water partition coefficient (Wildman–Crippen LogP) is 7.14. The molecule has 0 fully saturated rings. The number of aromatic nitrogens is 1. The first-order chi connectivity index (χ1) is 17.7. The minimum Gasteiger partial charge on any atom is -0.463 e. The molecule has 1 N–H and O–H groups in total. The van der Waals surface area contributed by atoms with Crippen LogP contribution >= 0.6 is 34.5 Å². The van der Waals surface area contributed by atoms with E-state index < -0.39 is 17.9 Å². The molecule has 6 nitrogen and oxygen atoms in total. The highest BCUT2D eigenvalue weighted by atomic mass is 35.5. The van der Waals surface area contributed by atoms with Crippen LogP contribution in [0.3, 0.4) is 0 Å². The summed E-state index contributed by atoms with van der Waals surface area (Å²) in [5.41, 5.74) is 5.27. The van der Waals surface area contributed by atoms with Gasteiger partial charge in [-0.25, -0.2) is 14.6 Å². The van der Waals surface area contributed by atoms with Gasteiger partial charge in [0.05, 0.1) is 46.0 Å². The summed E-state index contributed by atoms with van der Waals surface area (Å²) >= 11 is 13.7. The van der Waals surface area contributed by atoms with E-state index in [-0.39, 0.29) is 13.2 Å². The lowest BCUT2D eigenvalue weighted by molar-refractivity contribution is -0.139. The summed E-state index contributed by atoms with van der Waals surface area (Å²) in [5, 5.41) is 6.84. The molecule has 9 heteroatoms. The Bertz CT molecular complexity index is 1390. The number of esters is 2. The number of dihydropyridines is 1. The zero-order chi connectivity index (χ0) is 26.7. The Balaban J connectivity index is 1.79. The van der Waals surface area contributed by atoms with Crippen LogP contribution in [-0.2, 0) is 19.1 Å². The van der Waals surface area contributed by atoms with Crippen molar-refractivity contribution < 1.29 is 19.1 Å². The van der Waals surface area contributed by atoms with Gasteiger partial charge in [0.1, 0.15) is 5.01 Å². The fourth-order valence-electron chi connectivity index (χ4n) is 4.33. The minimum absolute atomic E-state index is 0.219. The molecule has 0 amide bonds. The third-order valence-electron chi connectivity index (χ3n) is 5.94. The van der Waals surface area contributed by atoms with Crippen molar-refractivity contribution in [3.8, 4) is 21.8 Å². The molecule has 2 heterocycles. The number of rotatable bonds is 7. The summed E-state index contributed by atoms with van der Waals surface area (Å²) in [6.07, 6.45) is 0. The average Bonchev–Trinajstić information content (AvgIpc) is 3.36. The van der Waals surface area contributed by atoms with Crippen molar-refractivity contribution in [3.05, 3.63) is 86.0 Å². The summed E-state index contributed by atoms with van der Waals surface area (Å²) in [6.45, 7) is 7.55. The Morgan fingerprint density at radius 1 is 0.919 bits per heavy atom. The van der Waals surface area contributed by atoms with Crippen molar-refractivity contribution in [1.82, 2.24) is 10.3 Å². The van der Waals surface area contributed by atoms with Crippen molar-refractivity contribution in [2.45, 2.75) is 33.6 Å². The Morgan fingerprint density at radius 3 is 2.16 bits per heavy atom. The van der Waals surface area contributed by atoms with Gasteiger partial charge in [-0.1, -0.05) is 47.5 Å². The summed E-state index contributed by atoms with van der Waals surface area (Å²) in [5.74, 6) is -1.62. The molecule has 0 saturated heterocycles. The molecule has 0 radical (unpaired) electrons. The molecule has 0 bridgehead atoms. The molecule has 0 spiro atoms. The average molecular weight is 557 g/mol. The number of allylic oxidation sites excluding steroid dienone is 2. The topological polar surface area (TPSA) is 77.5 Å². The summed E-state index contributed by atoms with van der Waals surface area (Å²) in [6, 6.07) is 13.1. The molecule has 2 aromatic carbocycles. The van der Waals surface area contributed by atoms with Crippen molar-refractivity contribution in [2.24, 2.45) is 0 Å². The van der Waals surface area contributed by atoms with Gasteiger partial charge < -0.3 is 14.8 Å². The monoisotopic (exact) mass is 556 g/mol. The van der Waals surface area contributed by atoms with E-state index in [1.54, 1.807) is 39.8 Å². The number of carbonyl (C=O) groups is 2. The van der Waals surface area contributed by atoms with E-state index >= 15 is 0 Å². The van der Waals surface area contributed by atoms with Crippen LogP contribution in [0.5, 0.6) is 0 Å². The number of nitrogens with zero attached hydrogens (tertiary/aromatic N) is 1. The lowest BCUT2D eigenvalue weighted by Gasteiger charge is -2.30. The Hall–Kier alpha value is -3.13. The van der Waals surface area contributed by atoms with Crippen LogP contribution in [-0.4, -0.2) is 30.1 Å². The highest BCUT2D eigenvalue weighted by molar-refractivity contribution is 7.13. The van der Waals surface area contributed by atoms with Crippen molar-refractivity contribution in [1.29, 1.82) is 0 Å². The van der Waals surface area contributed by atoms with Crippen LogP contribution in [0.4, 0.5) is 0 Å². The van der Waals surface area contributed by atoms with Gasteiger partial charge in [-0.15, -0.1) is 11.3 Å². The third kappa shape index (κ3) is 5.59. The minimum atomic E-state index is -0.659. The van der Waals surface area contributed by atoms with Crippen LogP contribution in [0.1, 0.15) is 39.2 Å². The molecule has 0 unspecified atom stereocenters. The molecule has 3 aromatic rings. The molecule has 1 aromatic heterocycles. The summed E-state index contributed by atoms with van der Waals surface area (Å²) in [4.78, 5) is 30.9. The number of ether oxygens (including phenoxy) is 2. The van der Waals surface area contributed by atoms with E-state index in [0.29, 0.717) is 32.6 Å². The molecule has 0 aliphatic carbocycles. The van der Waals surface area contributed by atoms with Crippen molar-refractivity contribution in [3.63, 3.8) is 0 Å². The fourth-order valence-corrected chi connectivity index (χ4v) is 5.46. The first kappa shape index (κ1) is 26.9. The number of thiazole rings is 1. The molecule has 0 saturated carbocycles. The van der Waals surface area contributed by atoms with Gasteiger partial charge in [0.25, 0.3) is 0 Å². The lowest BCUT2D eigenvalue weighted by atomic mass is 9.80. The summed E-state index contributed by atoms with van der Waals surface area (Å²) < 4.78 is 10.7. The second-order valence-corrected chi connectivity index (χ2v) is 10.0. The zero-order valence-electron chi connectivity index (χ0n) is 20.9. The number of carbonyl (C=O) groups excluding carboxylic acids is 2. The SMILES string of the molecule is CCOC(=O)C1=C(C)NC(C)=C(C(=O)OCC)C1c1cccc(-c2nc(-c3ccc(Cl)c(Cl)c3)cs2)c1. The Kier molecular flexibility index (Phi) is 8.37. The zero-order valence-corrected chi connectivity index (χ0v) is 23.2. The number of halogens is 2. The second kappa shape index (κ2) is 11.5. The maximum absolute atomic E-state index is 13.1. The highest BCUT2D eigenvalue weighted by Gasteiger charge is 2.38. The van der Waals surface area contributed by atoms with Gasteiger partial charge in [0, 0.05) is 27.9 Å². The van der Waals surface area contributed by atoms with Crippen molar-refractivity contribution >= 4 is 46.5 Å². The number of hydrogen-bond acceptors (Lipinski definition) is 7. The van der Waals surface area contributed by atoms with Gasteiger partial charge in [0.15, 0.2) is 0 Å². The molecule has 4 rings (SSSR count). The molecule has 1 aliphatic heterocycles. The third-order valence-corrected chi connectivity index (χ3v) is 7.57. The molecule has 192 valence electrons. The maximum Gasteiger partial charge on any atom is 0.336 e. The van der Waals surface area contributed by atoms with Crippen LogP contribution in [0, 0.1) is 0 Å². The van der Waals surface area contributed by atoms with Gasteiger partial charge in [-0.3, -0.25) is 0 Å². The van der Waals surface area contributed by atoms with Gasteiger partial charge in [0.2, 0.25) is 0 Å². The van der Waals surface area contributed by atoms with Crippen molar-refractivity contribution in [2.75, 3.05) is 13.2 Å². The van der Waals surface area contributed by atoms with E-state index in [1.165, 1.54) is 11.3 Å². The highest BCUT2D eigenvalue weighted by Crippen LogP contribution is 2.41. The molecular weight excluding hydrogens is 531 g/mol. The van der Waals surface area contributed by atoms with Gasteiger partial charge in [-0.2, -0.15) is 0 Å². The van der Waals surface area contributed by atoms with E-state index in [4.69, 9.17) is 37.7 Å². The molecular formula is C28H26Cl2N2O4S. The summed E-state index contributed by atoms with van der Waals surface area (Å²) in [7, 11) is 0. The predicted molar refractivity (Wildman–Crippen MR) is 148 cm³/mol. The second-order valence-electron chi connectivity index (χ2n) is 8.37. The van der Waals surface area contributed by atoms with Gasteiger partial charge >= 0.3 is 11.9 Å². The molecule has 1 aliphatic rings. The van der Waals surface area contributed by atoms with Crippen LogP contribution in [0.25, 0.3) is 21.8 Å². The maximum atomic E-state index is 13.1. The van der Waals surface area contributed by atoms with E-state index in [0.717, 1.165) is 27.4 Å². The van der Waals surface area contributed by atoms with Crippen LogP contribution < -0.4 is 5.32 Å². The standard InChI is InChI=1S/C28H26Cl2N2O4S/c1-5-35-27(33)23-15(3)31-16(4)24(28(34)36-6-2)25(23)18-8-7-9-19(12-18)26-32-22(14-37-26)17-10-11-20(29)21(30)13-17/h7-14,25,31H,5-6H2,1-4H3. The van der Waals surface area contributed by atoms with E-state index in [1.807, 2.05) is 35.7 Å². The fraction of sp³-hybridized carbons (Fsp3) is 0.250. The quantitative estimate of drug-likeness (QED) is 0.311. The first-order valence-electron chi connectivity index (χ1n) is 11.8. The molecule has 0 atom stereocenters. The lowest BCUT2D eigenvalue weighted by Crippen LogP contribution is -2.32. The first-order valence-corrected chi connectivity index (χ1v) is 13.4. The van der Waals surface area contributed by atoms with Crippen LogP contribution in [0.15, 0.2) is 70.4 Å². The van der Waals surface area contributed by atoms with E-state index in [2.05, 4.69) is 5.32 Å². The van der Waals surface area contributed by atoms with Crippen LogP contribution in [0.2, 0.25) is 10.0 Å². The number of hydrogen-bond donors (Lipinski definition) is 1. The Labute approximate surface area is 229 Å². The smallest absolute Gasteiger partial charge is 0.336 e. The number of nitrogens with one attached hydrogen (secondary N) is 1. The normalized spacial score (nSPS) is 14.0. The van der Waals surface area contributed by atoms with E-state index in [9.17, 15) is 9.59 Å². The molecule has 37 heavy (non-hydrogen) atoms. The van der Waals surface area contributed by atoms with Gasteiger partial charge in [-0.05, 0) is 51.5 Å². The number of benzene rings is 2. The largest absolute Gasteiger partial charge is 0.463 e.